The van der Waals surface area contributed by atoms with Crippen LogP contribution in [0.2, 0.25) is 15.1 Å². The summed E-state index contributed by atoms with van der Waals surface area (Å²) in [7, 11) is 0. The van der Waals surface area contributed by atoms with Crippen LogP contribution in [-0.4, -0.2) is 4.90 Å². The highest BCUT2D eigenvalue weighted by Gasteiger charge is 2.13. The first kappa shape index (κ1) is 18.3. The Labute approximate surface area is 163 Å². The van der Waals surface area contributed by atoms with Gasteiger partial charge < -0.3 is 0 Å². The summed E-state index contributed by atoms with van der Waals surface area (Å²) in [5.74, 6) is 0. The molecule has 0 radical (unpaired) electrons. The zero-order valence-corrected chi connectivity index (χ0v) is 15.9. The van der Waals surface area contributed by atoms with Crippen LogP contribution >= 0.6 is 34.8 Å². The lowest BCUT2D eigenvalue weighted by Gasteiger charge is -2.24. The van der Waals surface area contributed by atoms with E-state index >= 15 is 0 Å². The van der Waals surface area contributed by atoms with E-state index in [2.05, 4.69) is 23.1 Å². The summed E-state index contributed by atoms with van der Waals surface area (Å²) in [6, 6.07) is 23.7. The fourth-order valence-corrected chi connectivity index (χ4v) is 3.36. The molecule has 0 fully saturated rings. The third kappa shape index (κ3) is 4.99. The van der Waals surface area contributed by atoms with Gasteiger partial charge in [0, 0.05) is 34.7 Å². The van der Waals surface area contributed by atoms with Gasteiger partial charge in [-0.25, -0.2) is 0 Å². The molecular formula is C21H18Cl3N. The Morgan fingerprint density at radius 1 is 0.480 bits per heavy atom. The van der Waals surface area contributed by atoms with Crippen LogP contribution in [0.15, 0.2) is 72.8 Å². The predicted octanol–water partition coefficient (Wildman–Crippen LogP) is 6.85. The molecule has 0 aliphatic rings. The predicted molar refractivity (Wildman–Crippen MR) is 107 cm³/mol. The van der Waals surface area contributed by atoms with Gasteiger partial charge in [0.05, 0.1) is 0 Å². The van der Waals surface area contributed by atoms with Gasteiger partial charge in [0.15, 0.2) is 0 Å². The van der Waals surface area contributed by atoms with Crippen molar-refractivity contribution < 1.29 is 0 Å². The minimum atomic E-state index is 0.718. The third-order valence-corrected chi connectivity index (χ3v) is 5.16. The number of halogens is 3. The molecule has 0 heterocycles. The van der Waals surface area contributed by atoms with Gasteiger partial charge in [-0.15, -0.1) is 0 Å². The van der Waals surface area contributed by atoms with Crippen LogP contribution < -0.4 is 0 Å². The first-order valence-corrected chi connectivity index (χ1v) is 9.19. The number of nitrogens with zero attached hydrogens (tertiary/aromatic N) is 1. The molecule has 3 aromatic rings. The zero-order chi connectivity index (χ0) is 17.6. The van der Waals surface area contributed by atoms with E-state index in [-0.39, 0.29) is 0 Å². The van der Waals surface area contributed by atoms with E-state index in [1.165, 1.54) is 0 Å². The quantitative estimate of drug-likeness (QED) is 0.445. The summed E-state index contributed by atoms with van der Waals surface area (Å²) in [5, 5.41) is 2.31. The lowest BCUT2D eigenvalue weighted by Crippen LogP contribution is -2.23. The molecule has 0 aliphatic heterocycles. The average Bonchev–Trinajstić information content (AvgIpc) is 2.61. The van der Waals surface area contributed by atoms with Crippen molar-refractivity contribution in [2.24, 2.45) is 0 Å². The standard InChI is InChI=1S/C21H18Cl3N/c22-19-10-4-1-7-16(19)13-25(14-17-8-2-5-11-20(17)23)15-18-9-3-6-12-21(18)24/h1-12H,13-15H2. The van der Waals surface area contributed by atoms with Gasteiger partial charge in [0.1, 0.15) is 0 Å². The molecule has 25 heavy (non-hydrogen) atoms. The van der Waals surface area contributed by atoms with Gasteiger partial charge in [-0.2, -0.15) is 0 Å². The maximum atomic E-state index is 6.36. The third-order valence-electron chi connectivity index (χ3n) is 4.06. The molecule has 3 aromatic carbocycles. The number of benzene rings is 3. The van der Waals surface area contributed by atoms with Gasteiger partial charge >= 0.3 is 0 Å². The van der Waals surface area contributed by atoms with Crippen molar-refractivity contribution in [3.05, 3.63) is 105 Å². The van der Waals surface area contributed by atoms with Gasteiger partial charge in [0.25, 0.3) is 0 Å². The molecule has 0 spiro atoms. The Kier molecular flexibility index (Phi) is 6.39. The second kappa shape index (κ2) is 8.73. The number of hydrogen-bond donors (Lipinski definition) is 0. The average molecular weight is 391 g/mol. The lowest BCUT2D eigenvalue weighted by atomic mass is 10.1. The SMILES string of the molecule is Clc1ccccc1CN(Cc1ccccc1Cl)Cc1ccccc1Cl. The highest BCUT2D eigenvalue weighted by atomic mass is 35.5. The molecule has 0 aliphatic carbocycles. The molecule has 0 N–H and O–H groups in total. The van der Waals surface area contributed by atoms with Crippen LogP contribution in [0.4, 0.5) is 0 Å². The Morgan fingerprint density at radius 3 is 1.04 bits per heavy atom. The molecule has 4 heteroatoms. The van der Waals surface area contributed by atoms with Crippen LogP contribution in [0.25, 0.3) is 0 Å². The fraction of sp³-hybridized carbons (Fsp3) is 0.143. The van der Waals surface area contributed by atoms with Gasteiger partial charge in [-0.05, 0) is 34.9 Å². The first-order valence-electron chi connectivity index (χ1n) is 8.06. The zero-order valence-electron chi connectivity index (χ0n) is 13.6. The number of rotatable bonds is 6. The maximum absolute atomic E-state index is 6.36. The van der Waals surface area contributed by atoms with Crippen LogP contribution in [0.1, 0.15) is 16.7 Å². The van der Waals surface area contributed by atoms with E-state index in [9.17, 15) is 0 Å². The van der Waals surface area contributed by atoms with Crippen LogP contribution in [-0.2, 0) is 19.6 Å². The van der Waals surface area contributed by atoms with Crippen molar-refractivity contribution in [2.45, 2.75) is 19.6 Å². The van der Waals surface area contributed by atoms with E-state index in [1.54, 1.807) is 0 Å². The molecule has 0 saturated heterocycles. The topological polar surface area (TPSA) is 3.24 Å². The molecular weight excluding hydrogens is 373 g/mol. The monoisotopic (exact) mass is 389 g/mol. The summed E-state index contributed by atoms with van der Waals surface area (Å²) in [4.78, 5) is 2.30. The van der Waals surface area contributed by atoms with Crippen molar-refractivity contribution in [2.75, 3.05) is 0 Å². The largest absolute Gasteiger partial charge is 0.290 e. The van der Waals surface area contributed by atoms with E-state index in [1.807, 2.05) is 54.6 Å². The van der Waals surface area contributed by atoms with Crippen molar-refractivity contribution in [3.63, 3.8) is 0 Å². The summed E-state index contributed by atoms with van der Waals surface area (Å²) in [6.07, 6.45) is 0. The Balaban J connectivity index is 1.86. The second-order valence-electron chi connectivity index (χ2n) is 5.92. The number of hydrogen-bond acceptors (Lipinski definition) is 1. The van der Waals surface area contributed by atoms with Crippen LogP contribution in [0.3, 0.4) is 0 Å². The fourth-order valence-electron chi connectivity index (χ4n) is 2.77. The Bertz CT molecular complexity index is 735. The molecule has 0 bridgehead atoms. The Hall–Kier alpha value is -1.51. The molecule has 3 rings (SSSR count). The highest BCUT2D eigenvalue weighted by molar-refractivity contribution is 6.32. The summed E-state index contributed by atoms with van der Waals surface area (Å²) < 4.78 is 0. The summed E-state index contributed by atoms with van der Waals surface area (Å²) in [6.45, 7) is 2.16. The normalized spacial score (nSPS) is 11.0. The first-order chi connectivity index (χ1) is 12.1. The maximum Gasteiger partial charge on any atom is 0.0451 e. The van der Waals surface area contributed by atoms with Gasteiger partial charge in [-0.3, -0.25) is 4.90 Å². The molecule has 1 nitrogen and oxygen atoms in total. The summed E-state index contributed by atoms with van der Waals surface area (Å²) >= 11 is 19.1. The molecule has 0 amide bonds. The Morgan fingerprint density at radius 2 is 0.760 bits per heavy atom. The van der Waals surface area contributed by atoms with E-state index in [0.717, 1.165) is 51.4 Å². The van der Waals surface area contributed by atoms with Crippen molar-refractivity contribution >= 4 is 34.8 Å². The molecule has 0 aromatic heterocycles. The summed E-state index contributed by atoms with van der Waals surface area (Å²) in [5.41, 5.74) is 3.26. The van der Waals surface area contributed by atoms with E-state index < -0.39 is 0 Å². The van der Waals surface area contributed by atoms with Gasteiger partial charge in [0.2, 0.25) is 0 Å². The van der Waals surface area contributed by atoms with Crippen molar-refractivity contribution in [3.8, 4) is 0 Å². The van der Waals surface area contributed by atoms with Crippen LogP contribution in [0, 0.1) is 0 Å². The lowest BCUT2D eigenvalue weighted by molar-refractivity contribution is 0.248. The highest BCUT2D eigenvalue weighted by Crippen LogP contribution is 2.24. The van der Waals surface area contributed by atoms with Crippen molar-refractivity contribution in [1.82, 2.24) is 4.90 Å². The second-order valence-corrected chi connectivity index (χ2v) is 7.14. The minimum Gasteiger partial charge on any atom is -0.290 e. The van der Waals surface area contributed by atoms with Gasteiger partial charge in [-0.1, -0.05) is 89.4 Å². The van der Waals surface area contributed by atoms with E-state index in [0.29, 0.717) is 0 Å². The molecule has 0 atom stereocenters. The van der Waals surface area contributed by atoms with Crippen LogP contribution in [0.5, 0.6) is 0 Å². The van der Waals surface area contributed by atoms with Crippen molar-refractivity contribution in [1.29, 1.82) is 0 Å². The van der Waals surface area contributed by atoms with E-state index in [4.69, 9.17) is 34.8 Å². The molecule has 0 unspecified atom stereocenters. The molecule has 128 valence electrons. The molecule has 0 saturated carbocycles. The smallest absolute Gasteiger partial charge is 0.0451 e. The minimum absolute atomic E-state index is 0.718.